The smallest absolute Gasteiger partial charge is 0.377 e. The van der Waals surface area contributed by atoms with Gasteiger partial charge in [-0.2, -0.15) is 17.2 Å². The fraction of sp³-hybridized carbons (Fsp3) is 0.429. The minimum atomic E-state index is -5.89. The third-order valence-electron chi connectivity index (χ3n) is 1.99. The molecule has 17 heavy (non-hydrogen) atoms. The lowest BCUT2D eigenvalue weighted by Gasteiger charge is -2.29. The predicted molar refractivity (Wildman–Crippen MR) is 49.3 cm³/mol. The molecule has 10 heteroatoms. The molecule has 0 saturated carbocycles. The number of alkyl halides is 2. The lowest BCUT2D eigenvalue weighted by molar-refractivity contribution is -0.178. The Bertz CT molecular complexity index is 455. The molecule has 1 atom stereocenters. The summed E-state index contributed by atoms with van der Waals surface area (Å²) in [5.74, 6) is -10.9. The van der Waals surface area contributed by atoms with Crippen LogP contribution in [0, 0.1) is 0 Å². The number of rotatable bonds is 6. The van der Waals surface area contributed by atoms with Crippen LogP contribution in [0.1, 0.15) is 6.42 Å². The van der Waals surface area contributed by atoms with Gasteiger partial charge in [-0.1, -0.05) is 6.08 Å². The summed E-state index contributed by atoms with van der Waals surface area (Å²) in [5, 5.41) is 16.7. The first-order chi connectivity index (χ1) is 7.45. The predicted octanol–water partition coefficient (Wildman–Crippen LogP) is -0.00640. The number of carboxylic acid groups (broad SMARTS) is 2. The first-order valence-corrected chi connectivity index (χ1v) is 5.31. The average molecular weight is 274 g/mol. The quantitative estimate of drug-likeness (QED) is 0.459. The van der Waals surface area contributed by atoms with Crippen LogP contribution in [-0.4, -0.2) is 45.8 Å². The van der Waals surface area contributed by atoms with Gasteiger partial charge in [0, 0.05) is 6.42 Å². The van der Waals surface area contributed by atoms with Crippen molar-refractivity contribution >= 4 is 22.1 Å². The topological polar surface area (TPSA) is 129 Å². The molecule has 0 fully saturated rings. The Hall–Kier alpha value is -1.55. The van der Waals surface area contributed by atoms with E-state index in [4.69, 9.17) is 14.8 Å². The highest BCUT2D eigenvalue weighted by molar-refractivity contribution is 7.88. The van der Waals surface area contributed by atoms with Gasteiger partial charge in [-0.05, 0) is 0 Å². The maximum atomic E-state index is 13.2. The van der Waals surface area contributed by atoms with Crippen LogP contribution in [0.3, 0.4) is 0 Å². The maximum Gasteiger partial charge on any atom is 0.377 e. The van der Waals surface area contributed by atoms with Crippen molar-refractivity contribution in [3.63, 3.8) is 0 Å². The molecule has 98 valence electrons. The van der Waals surface area contributed by atoms with Crippen molar-refractivity contribution in [2.45, 2.75) is 17.1 Å². The average Bonchev–Trinajstić information content (AvgIpc) is 2.10. The Balaban J connectivity index is 6.31. The summed E-state index contributed by atoms with van der Waals surface area (Å²) in [5.41, 5.74) is 0. The van der Waals surface area contributed by atoms with E-state index in [-0.39, 0.29) is 0 Å². The monoisotopic (exact) mass is 274 g/mol. The summed E-state index contributed by atoms with van der Waals surface area (Å²) in [6, 6.07) is 0. The lowest BCUT2D eigenvalue weighted by atomic mass is 9.96. The first-order valence-electron chi connectivity index (χ1n) is 3.87. The van der Waals surface area contributed by atoms with E-state index in [9.17, 15) is 26.8 Å². The second kappa shape index (κ2) is 4.37. The van der Waals surface area contributed by atoms with Gasteiger partial charge in [0.15, 0.2) is 0 Å². The largest absolute Gasteiger partial charge is 0.480 e. The zero-order valence-corrected chi connectivity index (χ0v) is 8.95. The highest BCUT2D eigenvalue weighted by Gasteiger charge is 2.72. The van der Waals surface area contributed by atoms with Gasteiger partial charge >= 0.3 is 17.9 Å². The summed E-state index contributed by atoms with van der Waals surface area (Å²) < 4.78 is 52.5. The fourth-order valence-electron chi connectivity index (χ4n) is 1.10. The van der Waals surface area contributed by atoms with Crippen molar-refractivity contribution in [2.24, 2.45) is 0 Å². The molecule has 1 unspecified atom stereocenters. The van der Waals surface area contributed by atoms with Crippen molar-refractivity contribution in [3.05, 3.63) is 12.7 Å². The molecule has 0 aromatic heterocycles. The van der Waals surface area contributed by atoms with E-state index in [0.717, 1.165) is 0 Å². The number of allylic oxidation sites excluding steroid dienone is 1. The molecule has 7 nitrogen and oxygen atoms in total. The molecule has 0 saturated heterocycles. The van der Waals surface area contributed by atoms with Crippen molar-refractivity contribution < 1.29 is 41.6 Å². The Morgan fingerprint density at radius 3 is 1.82 bits per heavy atom. The van der Waals surface area contributed by atoms with Crippen LogP contribution in [0.15, 0.2) is 12.7 Å². The Morgan fingerprint density at radius 2 is 1.65 bits per heavy atom. The van der Waals surface area contributed by atoms with Gasteiger partial charge in [-0.25, -0.2) is 4.79 Å². The van der Waals surface area contributed by atoms with E-state index in [0.29, 0.717) is 6.08 Å². The molecule has 0 aromatic rings. The normalized spacial score (nSPS) is 15.9. The summed E-state index contributed by atoms with van der Waals surface area (Å²) in [6.07, 6.45) is -1.01. The molecular formula is C7H8F2O7S. The van der Waals surface area contributed by atoms with Gasteiger partial charge in [0.2, 0.25) is 0 Å². The number of hydrogen-bond acceptors (Lipinski definition) is 4. The molecule has 0 spiro atoms. The standard InChI is InChI=1S/C7H8F2O7S/c1-2-3-6(4(10)11,17(14,15)16)7(8,9)5(12)13/h2H,1,3H2,(H,10,11)(H,12,13)(H,14,15,16). The van der Waals surface area contributed by atoms with E-state index in [1.165, 1.54) is 0 Å². The Labute approximate surface area is 94.1 Å². The van der Waals surface area contributed by atoms with E-state index < -0.39 is 39.1 Å². The van der Waals surface area contributed by atoms with Crippen molar-refractivity contribution in [2.75, 3.05) is 0 Å². The zero-order chi connectivity index (χ0) is 14.1. The minimum absolute atomic E-state index is 0.457. The lowest BCUT2D eigenvalue weighted by Crippen LogP contribution is -2.62. The molecule has 0 aromatic carbocycles. The number of carbonyl (C=O) groups is 2. The first kappa shape index (κ1) is 15.4. The Kier molecular flexibility index (Phi) is 3.97. The highest BCUT2D eigenvalue weighted by Crippen LogP contribution is 2.39. The summed E-state index contributed by atoms with van der Waals surface area (Å²) in [7, 11) is -5.89. The van der Waals surface area contributed by atoms with Crippen LogP contribution in [0.2, 0.25) is 0 Å². The van der Waals surface area contributed by atoms with Gasteiger partial charge in [0.05, 0.1) is 0 Å². The molecule has 0 aliphatic carbocycles. The Morgan fingerprint density at radius 1 is 1.24 bits per heavy atom. The molecule has 0 amide bonds. The van der Waals surface area contributed by atoms with E-state index >= 15 is 0 Å². The third kappa shape index (κ3) is 2.13. The molecule has 0 rings (SSSR count). The molecule has 0 aliphatic rings. The zero-order valence-electron chi connectivity index (χ0n) is 8.13. The van der Waals surface area contributed by atoms with E-state index in [1.807, 2.05) is 0 Å². The number of hydrogen-bond donors (Lipinski definition) is 3. The van der Waals surface area contributed by atoms with Crippen molar-refractivity contribution in [3.8, 4) is 0 Å². The van der Waals surface area contributed by atoms with Crippen LogP contribution in [0.4, 0.5) is 8.78 Å². The van der Waals surface area contributed by atoms with Crippen LogP contribution in [-0.2, 0) is 19.7 Å². The summed E-state index contributed by atoms with van der Waals surface area (Å²) in [4.78, 5) is 20.9. The summed E-state index contributed by atoms with van der Waals surface area (Å²) >= 11 is 0. The highest BCUT2D eigenvalue weighted by atomic mass is 32.2. The molecule has 3 N–H and O–H groups in total. The second-order valence-corrected chi connectivity index (χ2v) is 4.63. The third-order valence-corrected chi connectivity index (χ3v) is 3.47. The second-order valence-electron chi connectivity index (χ2n) is 2.98. The van der Waals surface area contributed by atoms with Crippen LogP contribution < -0.4 is 0 Å². The molecular weight excluding hydrogens is 266 g/mol. The van der Waals surface area contributed by atoms with Gasteiger partial charge in [0.1, 0.15) is 0 Å². The molecule has 0 aliphatic heterocycles. The number of halogens is 2. The fourth-order valence-corrected chi connectivity index (χ4v) is 2.06. The summed E-state index contributed by atoms with van der Waals surface area (Å²) in [6.45, 7) is 2.85. The van der Waals surface area contributed by atoms with E-state index in [2.05, 4.69) is 6.58 Å². The number of aliphatic carboxylic acids is 2. The van der Waals surface area contributed by atoms with Gasteiger partial charge in [-0.3, -0.25) is 9.35 Å². The van der Waals surface area contributed by atoms with Gasteiger partial charge < -0.3 is 10.2 Å². The minimum Gasteiger partial charge on any atom is -0.480 e. The van der Waals surface area contributed by atoms with Crippen molar-refractivity contribution in [1.82, 2.24) is 0 Å². The SMILES string of the molecule is C=CCC(C(=O)O)(C(F)(F)C(=O)O)S(=O)(=O)O. The van der Waals surface area contributed by atoms with Crippen LogP contribution in [0.5, 0.6) is 0 Å². The van der Waals surface area contributed by atoms with Crippen LogP contribution >= 0.6 is 0 Å². The van der Waals surface area contributed by atoms with Gasteiger partial charge in [-0.15, -0.1) is 6.58 Å². The molecule has 0 heterocycles. The molecule has 0 radical (unpaired) electrons. The van der Waals surface area contributed by atoms with Gasteiger partial charge in [0.25, 0.3) is 14.9 Å². The number of carboxylic acids is 2. The van der Waals surface area contributed by atoms with E-state index in [1.54, 1.807) is 0 Å². The van der Waals surface area contributed by atoms with Crippen molar-refractivity contribution in [1.29, 1.82) is 0 Å². The molecule has 0 bridgehead atoms. The maximum absolute atomic E-state index is 13.2. The van der Waals surface area contributed by atoms with Crippen LogP contribution in [0.25, 0.3) is 0 Å².